The second-order valence-corrected chi connectivity index (χ2v) is 10.1. The van der Waals surface area contributed by atoms with Crippen LogP contribution in [-0.4, -0.2) is 19.5 Å². The number of hydrogen-bond donors (Lipinski definition) is 0. The van der Waals surface area contributed by atoms with Gasteiger partial charge in [-0.15, -0.1) is 0 Å². The minimum absolute atomic E-state index is 0.849. The number of hydrogen-bond acceptors (Lipinski definition) is 3. The number of benzene rings is 4. The zero-order chi connectivity index (χ0) is 27.2. The third-order valence-electron chi connectivity index (χ3n) is 7.72. The summed E-state index contributed by atoms with van der Waals surface area (Å²) in [6.07, 6.45) is 3.79. The highest BCUT2D eigenvalue weighted by molar-refractivity contribution is 6.08. The lowest BCUT2D eigenvalue weighted by molar-refractivity contribution is 1.16. The van der Waals surface area contributed by atoms with Gasteiger partial charge in [0.2, 0.25) is 0 Å². The smallest absolute Gasteiger partial charge is 0.0893 e. The van der Waals surface area contributed by atoms with Gasteiger partial charge in [0.1, 0.15) is 0 Å². The summed E-state index contributed by atoms with van der Waals surface area (Å²) in [6.45, 7) is 0. The summed E-state index contributed by atoms with van der Waals surface area (Å²) in [5.74, 6) is 0. The van der Waals surface area contributed by atoms with Crippen molar-refractivity contribution in [2.45, 2.75) is 0 Å². The summed E-state index contributed by atoms with van der Waals surface area (Å²) < 4.78 is 2.27. The van der Waals surface area contributed by atoms with Gasteiger partial charge in [0.25, 0.3) is 0 Å². The van der Waals surface area contributed by atoms with Crippen molar-refractivity contribution in [3.05, 3.63) is 146 Å². The number of fused-ring (bicyclic) bond motifs is 4. The highest BCUT2D eigenvalue weighted by Crippen LogP contribution is 2.33. The van der Waals surface area contributed by atoms with E-state index in [1.54, 1.807) is 0 Å². The van der Waals surface area contributed by atoms with Crippen LogP contribution in [0.15, 0.2) is 146 Å². The van der Waals surface area contributed by atoms with Gasteiger partial charge in [-0.25, -0.2) is 9.97 Å². The van der Waals surface area contributed by atoms with Crippen LogP contribution in [0.1, 0.15) is 0 Å². The molecule has 4 nitrogen and oxygen atoms in total. The molecule has 0 spiro atoms. The average molecular weight is 525 g/mol. The quantitative estimate of drug-likeness (QED) is 0.231. The number of rotatable bonds is 4. The Balaban J connectivity index is 1.16. The van der Waals surface area contributed by atoms with Crippen molar-refractivity contribution in [1.82, 2.24) is 19.5 Å². The van der Waals surface area contributed by atoms with Gasteiger partial charge in [-0.1, -0.05) is 84.9 Å². The fraction of sp³-hybridized carbons (Fsp3) is 0. The minimum Gasteiger partial charge on any atom is -0.308 e. The molecule has 0 radical (unpaired) electrons. The molecule has 0 saturated heterocycles. The highest BCUT2D eigenvalue weighted by Gasteiger charge is 2.13. The first-order chi connectivity index (χ1) is 20.3. The van der Waals surface area contributed by atoms with Crippen molar-refractivity contribution < 1.29 is 0 Å². The van der Waals surface area contributed by atoms with E-state index in [0.29, 0.717) is 0 Å². The van der Waals surface area contributed by atoms with Gasteiger partial charge in [0.05, 0.1) is 40.0 Å². The van der Waals surface area contributed by atoms with Crippen molar-refractivity contribution in [3.8, 4) is 39.6 Å². The van der Waals surface area contributed by atoms with Gasteiger partial charge in [-0.3, -0.25) is 4.98 Å². The van der Waals surface area contributed by atoms with Crippen molar-refractivity contribution in [3.63, 3.8) is 0 Å². The Kier molecular flexibility index (Phi) is 5.42. The van der Waals surface area contributed by atoms with E-state index in [2.05, 4.69) is 131 Å². The Bertz CT molecular complexity index is 2150. The monoisotopic (exact) mass is 524 g/mol. The van der Waals surface area contributed by atoms with Crippen molar-refractivity contribution in [1.29, 1.82) is 0 Å². The largest absolute Gasteiger partial charge is 0.308 e. The Hall–Kier alpha value is -5.61. The first-order valence-electron chi connectivity index (χ1n) is 13.7. The molecule has 0 atom stereocenters. The van der Waals surface area contributed by atoms with E-state index in [1.807, 2.05) is 24.5 Å². The first-order valence-corrected chi connectivity index (χ1v) is 13.7. The van der Waals surface area contributed by atoms with E-state index >= 15 is 0 Å². The zero-order valence-electron chi connectivity index (χ0n) is 22.1. The molecule has 0 aliphatic carbocycles. The van der Waals surface area contributed by atoms with Crippen molar-refractivity contribution >= 4 is 32.6 Å². The van der Waals surface area contributed by atoms with Crippen LogP contribution < -0.4 is 0 Å². The van der Waals surface area contributed by atoms with Crippen LogP contribution in [0.4, 0.5) is 0 Å². The Morgan fingerprint density at radius 3 is 1.93 bits per heavy atom. The SMILES string of the molecule is c1cc(-c2ccc(-n3c4ccccc4c4ccncc43)cc2)nc(-c2cccc(-c3cccc4ccccc34)n2)c1. The molecule has 4 aromatic carbocycles. The van der Waals surface area contributed by atoms with Crippen LogP contribution in [0.2, 0.25) is 0 Å². The van der Waals surface area contributed by atoms with Crippen LogP contribution in [0.5, 0.6) is 0 Å². The van der Waals surface area contributed by atoms with E-state index in [1.165, 1.54) is 27.1 Å². The molecule has 8 rings (SSSR count). The van der Waals surface area contributed by atoms with E-state index in [9.17, 15) is 0 Å². The molecule has 192 valence electrons. The fourth-order valence-electron chi connectivity index (χ4n) is 5.79. The Morgan fingerprint density at radius 2 is 1.07 bits per heavy atom. The number of aromatic nitrogens is 4. The molecular formula is C37H24N4. The normalized spacial score (nSPS) is 11.4. The molecule has 0 aliphatic heterocycles. The van der Waals surface area contributed by atoms with Crippen LogP contribution in [0, 0.1) is 0 Å². The van der Waals surface area contributed by atoms with Crippen LogP contribution >= 0.6 is 0 Å². The molecule has 0 bridgehead atoms. The van der Waals surface area contributed by atoms with E-state index in [4.69, 9.17) is 9.97 Å². The van der Waals surface area contributed by atoms with Gasteiger partial charge in [0, 0.05) is 33.8 Å². The Morgan fingerprint density at radius 1 is 0.439 bits per heavy atom. The predicted molar refractivity (Wildman–Crippen MR) is 168 cm³/mol. The molecule has 0 N–H and O–H groups in total. The highest BCUT2D eigenvalue weighted by atomic mass is 15.0. The summed E-state index contributed by atoms with van der Waals surface area (Å²) in [7, 11) is 0. The molecule has 0 aliphatic rings. The van der Waals surface area contributed by atoms with Gasteiger partial charge in [-0.2, -0.15) is 0 Å². The maximum Gasteiger partial charge on any atom is 0.0893 e. The molecule has 0 amide bonds. The van der Waals surface area contributed by atoms with Crippen molar-refractivity contribution in [2.75, 3.05) is 0 Å². The standard InChI is InChI=1S/C37H24N4/c1-2-10-28-25(8-1)9-5-12-29(28)33-14-7-16-35(40-33)34-15-6-13-32(39-34)26-18-20-27(21-19-26)41-36-17-4-3-11-30(36)31-22-23-38-24-37(31)41/h1-24H. The number of pyridine rings is 3. The Labute approximate surface area is 237 Å². The number of para-hydroxylation sites is 1. The van der Waals surface area contributed by atoms with E-state index in [0.717, 1.165) is 45.1 Å². The average Bonchev–Trinajstić information content (AvgIpc) is 3.39. The molecule has 0 unspecified atom stereocenters. The summed E-state index contributed by atoms with van der Waals surface area (Å²) in [4.78, 5) is 14.5. The molecular weight excluding hydrogens is 500 g/mol. The molecule has 0 fully saturated rings. The molecule has 0 saturated carbocycles. The fourth-order valence-corrected chi connectivity index (χ4v) is 5.79. The lowest BCUT2D eigenvalue weighted by atomic mass is 10.0. The summed E-state index contributed by atoms with van der Waals surface area (Å²) in [5.41, 5.74) is 9.09. The van der Waals surface area contributed by atoms with Crippen LogP contribution in [-0.2, 0) is 0 Å². The van der Waals surface area contributed by atoms with Crippen LogP contribution in [0.25, 0.3) is 72.2 Å². The van der Waals surface area contributed by atoms with Crippen LogP contribution in [0.3, 0.4) is 0 Å². The topological polar surface area (TPSA) is 43.6 Å². The summed E-state index contributed by atoms with van der Waals surface area (Å²) in [5, 5.41) is 4.83. The third-order valence-corrected chi connectivity index (χ3v) is 7.72. The van der Waals surface area contributed by atoms with Gasteiger partial charge >= 0.3 is 0 Å². The van der Waals surface area contributed by atoms with Crippen molar-refractivity contribution in [2.24, 2.45) is 0 Å². The van der Waals surface area contributed by atoms with E-state index < -0.39 is 0 Å². The van der Waals surface area contributed by atoms with Gasteiger partial charge in [-0.05, 0) is 59.3 Å². The maximum atomic E-state index is 5.03. The molecule has 8 aromatic rings. The third kappa shape index (κ3) is 3.97. The van der Waals surface area contributed by atoms with E-state index in [-0.39, 0.29) is 0 Å². The summed E-state index contributed by atoms with van der Waals surface area (Å²) >= 11 is 0. The molecule has 41 heavy (non-hydrogen) atoms. The lowest BCUT2D eigenvalue weighted by Crippen LogP contribution is -1.95. The van der Waals surface area contributed by atoms with Gasteiger partial charge < -0.3 is 4.57 Å². The molecule has 4 heteroatoms. The predicted octanol–water partition coefficient (Wildman–Crippen LogP) is 9.12. The summed E-state index contributed by atoms with van der Waals surface area (Å²) in [6, 6.07) is 46.2. The minimum atomic E-state index is 0.849. The second kappa shape index (κ2) is 9.54. The number of nitrogens with zero attached hydrogens (tertiary/aromatic N) is 4. The lowest BCUT2D eigenvalue weighted by Gasteiger charge is -2.10. The van der Waals surface area contributed by atoms with Gasteiger partial charge in [0.15, 0.2) is 0 Å². The zero-order valence-corrected chi connectivity index (χ0v) is 22.1. The second-order valence-electron chi connectivity index (χ2n) is 10.1. The maximum absolute atomic E-state index is 5.03. The molecule has 4 heterocycles. The molecule has 4 aromatic heterocycles. The first kappa shape index (κ1) is 23.3.